The first kappa shape index (κ1) is 22.0. The maximum absolute atomic E-state index is 12.6. The Morgan fingerprint density at radius 3 is 2.17 bits per heavy atom. The molecule has 5 rings (SSSR count). The molecule has 3 amide bonds. The van der Waals surface area contributed by atoms with Crippen molar-refractivity contribution in [3.63, 3.8) is 0 Å². The zero-order valence-electron chi connectivity index (χ0n) is 18.9. The van der Waals surface area contributed by atoms with Crippen molar-refractivity contribution >= 4 is 34.9 Å². The van der Waals surface area contributed by atoms with Crippen molar-refractivity contribution in [2.75, 3.05) is 17.2 Å². The molecule has 0 fully saturated rings. The Hall–Kier alpha value is -4.85. The van der Waals surface area contributed by atoms with E-state index in [1.54, 1.807) is 42.5 Å². The Morgan fingerprint density at radius 1 is 0.800 bits per heavy atom. The summed E-state index contributed by atoms with van der Waals surface area (Å²) in [5.74, 6) is -0.167. The standard InChI is InChI=1S/C27H21N5O3/c1-17-28-23(18-8-3-2-4-9-18)15-24(29-17)30-19-10-7-11-20(14-19)31-25(33)16-32-26(34)21-12-5-6-13-22(21)27(32)35/h2-15H,16H2,1H3,(H,31,33)(H,28,29,30). The molecule has 0 unspecified atom stereocenters. The van der Waals surface area contributed by atoms with Gasteiger partial charge < -0.3 is 10.6 Å². The number of benzene rings is 3. The zero-order chi connectivity index (χ0) is 24.4. The maximum Gasteiger partial charge on any atom is 0.262 e. The summed E-state index contributed by atoms with van der Waals surface area (Å²) < 4.78 is 0. The molecule has 1 aliphatic rings. The number of hydrogen-bond acceptors (Lipinski definition) is 6. The van der Waals surface area contributed by atoms with E-state index in [9.17, 15) is 14.4 Å². The lowest BCUT2D eigenvalue weighted by Gasteiger charge is -2.14. The molecule has 4 aromatic rings. The van der Waals surface area contributed by atoms with Crippen LogP contribution in [-0.2, 0) is 4.79 Å². The second-order valence-electron chi connectivity index (χ2n) is 8.05. The molecule has 35 heavy (non-hydrogen) atoms. The summed E-state index contributed by atoms with van der Waals surface area (Å²) in [7, 11) is 0. The van der Waals surface area contributed by atoms with Crippen LogP contribution in [0.5, 0.6) is 0 Å². The molecule has 8 heteroatoms. The van der Waals surface area contributed by atoms with E-state index in [0.717, 1.165) is 16.2 Å². The van der Waals surface area contributed by atoms with Crippen LogP contribution in [0.25, 0.3) is 11.3 Å². The van der Waals surface area contributed by atoms with Crippen LogP contribution in [0.1, 0.15) is 26.5 Å². The van der Waals surface area contributed by atoms with Gasteiger partial charge in [0.25, 0.3) is 11.8 Å². The van der Waals surface area contributed by atoms with Gasteiger partial charge in [-0.15, -0.1) is 0 Å². The van der Waals surface area contributed by atoms with Crippen molar-refractivity contribution in [2.45, 2.75) is 6.92 Å². The predicted molar refractivity (Wildman–Crippen MR) is 132 cm³/mol. The van der Waals surface area contributed by atoms with Gasteiger partial charge in [0.1, 0.15) is 18.2 Å². The van der Waals surface area contributed by atoms with Gasteiger partial charge in [-0.25, -0.2) is 9.97 Å². The number of carbonyl (C=O) groups excluding carboxylic acids is 3. The summed E-state index contributed by atoms with van der Waals surface area (Å²) in [6.07, 6.45) is 0. The second-order valence-corrected chi connectivity index (χ2v) is 8.05. The van der Waals surface area contributed by atoms with Crippen LogP contribution in [0, 0.1) is 6.92 Å². The van der Waals surface area contributed by atoms with E-state index in [2.05, 4.69) is 20.6 Å². The fourth-order valence-corrected chi connectivity index (χ4v) is 3.94. The molecule has 0 bridgehead atoms. The van der Waals surface area contributed by atoms with Crippen LogP contribution >= 0.6 is 0 Å². The lowest BCUT2D eigenvalue weighted by molar-refractivity contribution is -0.116. The zero-order valence-corrected chi connectivity index (χ0v) is 18.9. The maximum atomic E-state index is 12.6. The number of nitrogens with zero attached hydrogens (tertiary/aromatic N) is 3. The number of carbonyl (C=O) groups is 3. The first-order chi connectivity index (χ1) is 17.0. The second kappa shape index (κ2) is 9.18. The largest absolute Gasteiger partial charge is 0.340 e. The highest BCUT2D eigenvalue weighted by atomic mass is 16.2. The lowest BCUT2D eigenvalue weighted by Crippen LogP contribution is -2.37. The highest BCUT2D eigenvalue weighted by molar-refractivity contribution is 6.22. The molecule has 8 nitrogen and oxygen atoms in total. The SMILES string of the molecule is Cc1nc(Nc2cccc(NC(=O)CN3C(=O)c4ccccc4C3=O)c2)cc(-c2ccccc2)n1. The number of fused-ring (bicyclic) bond motifs is 1. The molecule has 2 heterocycles. The quantitative estimate of drug-likeness (QED) is 0.410. The Kier molecular flexibility index (Phi) is 5.76. The van der Waals surface area contributed by atoms with Gasteiger partial charge in [0, 0.05) is 23.0 Å². The Morgan fingerprint density at radius 2 is 1.46 bits per heavy atom. The van der Waals surface area contributed by atoms with E-state index >= 15 is 0 Å². The van der Waals surface area contributed by atoms with Crippen molar-refractivity contribution in [3.05, 3.63) is 102 Å². The molecule has 1 aromatic heterocycles. The Bertz CT molecular complexity index is 1420. The third kappa shape index (κ3) is 4.63. The third-order valence-corrected chi connectivity index (χ3v) is 5.51. The molecule has 1 aliphatic heterocycles. The molecule has 0 radical (unpaired) electrons. The van der Waals surface area contributed by atoms with E-state index in [4.69, 9.17) is 0 Å². The van der Waals surface area contributed by atoms with Crippen molar-refractivity contribution in [2.24, 2.45) is 0 Å². The van der Waals surface area contributed by atoms with Crippen LogP contribution < -0.4 is 10.6 Å². The summed E-state index contributed by atoms with van der Waals surface area (Å²) in [6.45, 7) is 1.46. The summed E-state index contributed by atoms with van der Waals surface area (Å²) in [6, 6.07) is 25.3. The number of nitrogens with one attached hydrogen (secondary N) is 2. The van der Waals surface area contributed by atoms with Gasteiger partial charge in [-0.05, 0) is 37.3 Å². The van der Waals surface area contributed by atoms with Crippen LogP contribution in [0.15, 0.2) is 84.9 Å². The smallest absolute Gasteiger partial charge is 0.262 e. The van der Waals surface area contributed by atoms with Gasteiger partial charge in [-0.2, -0.15) is 0 Å². The normalized spacial score (nSPS) is 12.4. The number of anilines is 3. The van der Waals surface area contributed by atoms with E-state index in [1.165, 1.54) is 0 Å². The summed E-state index contributed by atoms with van der Waals surface area (Å²) >= 11 is 0. The molecular weight excluding hydrogens is 442 g/mol. The number of rotatable bonds is 6. The van der Waals surface area contributed by atoms with E-state index in [0.29, 0.717) is 34.1 Å². The highest BCUT2D eigenvalue weighted by Gasteiger charge is 2.36. The molecule has 0 spiro atoms. The predicted octanol–water partition coefficient (Wildman–Crippen LogP) is 4.43. The summed E-state index contributed by atoms with van der Waals surface area (Å²) in [5.41, 5.74) is 3.63. The fraction of sp³-hybridized carbons (Fsp3) is 0.0741. The number of imide groups is 1. The first-order valence-corrected chi connectivity index (χ1v) is 11.0. The average Bonchev–Trinajstić information content (AvgIpc) is 3.09. The molecule has 3 aromatic carbocycles. The third-order valence-electron chi connectivity index (χ3n) is 5.51. The molecule has 2 N–H and O–H groups in total. The van der Waals surface area contributed by atoms with Gasteiger partial charge in [-0.3, -0.25) is 19.3 Å². The van der Waals surface area contributed by atoms with Crippen LogP contribution in [-0.4, -0.2) is 39.1 Å². The minimum absolute atomic E-state index is 0.312. The van der Waals surface area contributed by atoms with Crippen LogP contribution in [0.2, 0.25) is 0 Å². The van der Waals surface area contributed by atoms with Crippen molar-refractivity contribution in [1.29, 1.82) is 0 Å². The Labute approximate surface area is 201 Å². The molecule has 0 saturated heterocycles. The lowest BCUT2D eigenvalue weighted by atomic mass is 10.1. The van der Waals surface area contributed by atoms with Crippen molar-refractivity contribution < 1.29 is 14.4 Å². The number of aryl methyl sites for hydroxylation is 1. The summed E-state index contributed by atoms with van der Waals surface area (Å²) in [4.78, 5) is 47.6. The van der Waals surface area contributed by atoms with Crippen LogP contribution in [0.4, 0.5) is 17.2 Å². The van der Waals surface area contributed by atoms with Crippen molar-refractivity contribution in [3.8, 4) is 11.3 Å². The Balaban J connectivity index is 1.28. The van der Waals surface area contributed by atoms with Gasteiger partial charge in [0.15, 0.2) is 0 Å². The van der Waals surface area contributed by atoms with E-state index < -0.39 is 17.7 Å². The van der Waals surface area contributed by atoms with E-state index in [1.807, 2.05) is 49.4 Å². The number of hydrogen-bond donors (Lipinski definition) is 2. The van der Waals surface area contributed by atoms with Crippen LogP contribution in [0.3, 0.4) is 0 Å². The topological polar surface area (TPSA) is 104 Å². The summed E-state index contributed by atoms with van der Waals surface area (Å²) in [5, 5.41) is 6.00. The minimum atomic E-state index is -0.471. The molecular formula is C27H21N5O3. The van der Waals surface area contributed by atoms with Gasteiger partial charge >= 0.3 is 0 Å². The molecule has 0 atom stereocenters. The number of aromatic nitrogens is 2. The average molecular weight is 463 g/mol. The molecule has 0 aliphatic carbocycles. The van der Waals surface area contributed by atoms with Gasteiger partial charge in [-0.1, -0.05) is 48.5 Å². The van der Waals surface area contributed by atoms with Gasteiger partial charge in [0.05, 0.1) is 16.8 Å². The first-order valence-electron chi connectivity index (χ1n) is 11.0. The highest BCUT2D eigenvalue weighted by Crippen LogP contribution is 2.25. The molecule has 172 valence electrons. The minimum Gasteiger partial charge on any atom is -0.340 e. The number of amides is 3. The van der Waals surface area contributed by atoms with Crippen molar-refractivity contribution in [1.82, 2.24) is 14.9 Å². The molecule has 0 saturated carbocycles. The van der Waals surface area contributed by atoms with Gasteiger partial charge in [0.2, 0.25) is 5.91 Å². The van der Waals surface area contributed by atoms with E-state index in [-0.39, 0.29) is 6.54 Å². The fourth-order valence-electron chi connectivity index (χ4n) is 3.94. The monoisotopic (exact) mass is 463 g/mol.